The van der Waals surface area contributed by atoms with Gasteiger partial charge >= 0.3 is 0 Å². The van der Waals surface area contributed by atoms with Crippen molar-refractivity contribution in [2.75, 3.05) is 0 Å². The molecule has 0 amide bonds. The molecule has 2 aliphatic rings. The molecule has 0 saturated heterocycles. The zero-order chi connectivity index (χ0) is 9.47. The molecule has 2 unspecified atom stereocenters. The van der Waals surface area contributed by atoms with E-state index in [1.807, 2.05) is 0 Å². The SMILES string of the molecule is CC1=CCC2/C(=C/Br)CCCC12C. The second-order valence-corrected chi connectivity index (χ2v) is 5.09. The van der Waals surface area contributed by atoms with Crippen LogP contribution in [0.15, 0.2) is 22.2 Å². The van der Waals surface area contributed by atoms with Crippen molar-refractivity contribution in [1.82, 2.24) is 0 Å². The molecule has 1 saturated carbocycles. The zero-order valence-electron chi connectivity index (χ0n) is 8.44. The summed E-state index contributed by atoms with van der Waals surface area (Å²) in [5, 5.41) is 0. The Labute approximate surface area is 89.2 Å². The lowest BCUT2D eigenvalue weighted by molar-refractivity contribution is 0.235. The molecule has 0 nitrogen and oxygen atoms in total. The van der Waals surface area contributed by atoms with Gasteiger partial charge in [0.25, 0.3) is 0 Å². The minimum atomic E-state index is 0.484. The number of allylic oxidation sites excluding steroid dienone is 3. The van der Waals surface area contributed by atoms with Crippen LogP contribution in [-0.2, 0) is 0 Å². The fraction of sp³-hybridized carbons (Fsp3) is 0.667. The number of hydrogen-bond donors (Lipinski definition) is 0. The third-order valence-corrected chi connectivity index (χ3v) is 4.67. The predicted molar refractivity (Wildman–Crippen MR) is 60.8 cm³/mol. The summed E-state index contributed by atoms with van der Waals surface area (Å²) in [6.07, 6.45) is 7.73. The van der Waals surface area contributed by atoms with E-state index in [2.05, 4.69) is 40.8 Å². The zero-order valence-corrected chi connectivity index (χ0v) is 10.0. The van der Waals surface area contributed by atoms with Gasteiger partial charge < -0.3 is 0 Å². The minimum Gasteiger partial charge on any atom is -0.0844 e. The summed E-state index contributed by atoms with van der Waals surface area (Å²) in [5.74, 6) is 0.792. The molecule has 2 rings (SSSR count). The van der Waals surface area contributed by atoms with Gasteiger partial charge in [0.2, 0.25) is 0 Å². The largest absolute Gasteiger partial charge is 0.0844 e. The van der Waals surface area contributed by atoms with Crippen LogP contribution >= 0.6 is 15.9 Å². The molecule has 13 heavy (non-hydrogen) atoms. The first-order chi connectivity index (χ1) is 6.18. The summed E-state index contributed by atoms with van der Waals surface area (Å²) in [6, 6.07) is 0. The van der Waals surface area contributed by atoms with Crippen LogP contribution in [0.4, 0.5) is 0 Å². The second kappa shape index (κ2) is 3.27. The maximum atomic E-state index is 3.51. The van der Waals surface area contributed by atoms with Gasteiger partial charge in [-0.05, 0) is 48.9 Å². The van der Waals surface area contributed by atoms with Crippen molar-refractivity contribution in [1.29, 1.82) is 0 Å². The van der Waals surface area contributed by atoms with Crippen LogP contribution in [0, 0.1) is 11.3 Å². The van der Waals surface area contributed by atoms with E-state index in [0.717, 1.165) is 5.92 Å². The number of hydrogen-bond acceptors (Lipinski definition) is 0. The van der Waals surface area contributed by atoms with Crippen LogP contribution in [0.25, 0.3) is 0 Å². The van der Waals surface area contributed by atoms with E-state index in [4.69, 9.17) is 0 Å². The quantitative estimate of drug-likeness (QED) is 0.550. The Kier molecular flexibility index (Phi) is 2.39. The molecule has 1 fully saturated rings. The maximum absolute atomic E-state index is 3.51. The van der Waals surface area contributed by atoms with Crippen LogP contribution in [0.2, 0.25) is 0 Å². The Morgan fingerprint density at radius 2 is 2.38 bits per heavy atom. The molecule has 0 aromatic carbocycles. The van der Waals surface area contributed by atoms with E-state index >= 15 is 0 Å². The van der Waals surface area contributed by atoms with Crippen molar-refractivity contribution in [3.63, 3.8) is 0 Å². The monoisotopic (exact) mass is 240 g/mol. The lowest BCUT2D eigenvalue weighted by Gasteiger charge is -2.39. The van der Waals surface area contributed by atoms with Crippen LogP contribution < -0.4 is 0 Å². The van der Waals surface area contributed by atoms with Crippen molar-refractivity contribution in [3.05, 3.63) is 22.2 Å². The molecule has 0 radical (unpaired) electrons. The number of rotatable bonds is 0. The molecule has 0 heterocycles. The van der Waals surface area contributed by atoms with Gasteiger partial charge in [-0.2, -0.15) is 0 Å². The van der Waals surface area contributed by atoms with E-state index in [9.17, 15) is 0 Å². The summed E-state index contributed by atoms with van der Waals surface area (Å²) in [7, 11) is 0. The topological polar surface area (TPSA) is 0 Å². The Morgan fingerprint density at radius 3 is 3.08 bits per heavy atom. The Hall–Kier alpha value is -0.0400. The predicted octanol–water partition coefficient (Wildman–Crippen LogP) is 4.42. The van der Waals surface area contributed by atoms with Crippen LogP contribution in [0.5, 0.6) is 0 Å². The molecule has 72 valence electrons. The van der Waals surface area contributed by atoms with Crippen LogP contribution in [0.1, 0.15) is 39.5 Å². The fourth-order valence-electron chi connectivity index (χ4n) is 2.96. The van der Waals surface area contributed by atoms with Crippen molar-refractivity contribution >= 4 is 15.9 Å². The van der Waals surface area contributed by atoms with Gasteiger partial charge in [-0.3, -0.25) is 0 Å². The molecular weight excluding hydrogens is 224 g/mol. The molecule has 0 aromatic rings. The van der Waals surface area contributed by atoms with Crippen molar-refractivity contribution < 1.29 is 0 Å². The van der Waals surface area contributed by atoms with E-state index in [0.29, 0.717) is 5.41 Å². The molecule has 0 N–H and O–H groups in total. The maximum Gasteiger partial charge on any atom is -0.00504 e. The van der Waals surface area contributed by atoms with E-state index in [1.54, 1.807) is 11.1 Å². The Balaban J connectivity index is 2.32. The molecule has 0 bridgehead atoms. The second-order valence-electron chi connectivity index (χ2n) is 4.63. The molecule has 0 spiro atoms. The highest BCUT2D eigenvalue weighted by atomic mass is 79.9. The van der Waals surface area contributed by atoms with Gasteiger partial charge in [0, 0.05) is 0 Å². The van der Waals surface area contributed by atoms with Gasteiger partial charge in [-0.1, -0.05) is 40.1 Å². The third-order valence-electron chi connectivity index (χ3n) is 4.08. The Bertz CT molecular complexity index is 275. The summed E-state index contributed by atoms with van der Waals surface area (Å²) in [5.41, 5.74) is 3.73. The Morgan fingerprint density at radius 1 is 1.62 bits per heavy atom. The van der Waals surface area contributed by atoms with Crippen molar-refractivity contribution in [2.24, 2.45) is 11.3 Å². The minimum absolute atomic E-state index is 0.484. The highest BCUT2D eigenvalue weighted by molar-refractivity contribution is 9.11. The number of halogens is 1. The summed E-state index contributed by atoms with van der Waals surface area (Å²) in [4.78, 5) is 2.17. The van der Waals surface area contributed by atoms with Crippen LogP contribution in [-0.4, -0.2) is 0 Å². The van der Waals surface area contributed by atoms with Gasteiger partial charge in [0.05, 0.1) is 0 Å². The van der Waals surface area contributed by atoms with Gasteiger partial charge in [0.15, 0.2) is 0 Å². The van der Waals surface area contributed by atoms with Crippen LogP contribution in [0.3, 0.4) is 0 Å². The first-order valence-corrected chi connectivity index (χ1v) is 6.06. The number of fused-ring (bicyclic) bond motifs is 1. The molecule has 1 heteroatoms. The normalized spacial score (nSPS) is 41.9. The van der Waals surface area contributed by atoms with E-state index in [1.165, 1.54) is 25.7 Å². The van der Waals surface area contributed by atoms with E-state index < -0.39 is 0 Å². The van der Waals surface area contributed by atoms with E-state index in [-0.39, 0.29) is 0 Å². The average Bonchev–Trinajstić information content (AvgIpc) is 2.43. The van der Waals surface area contributed by atoms with Crippen molar-refractivity contribution in [3.8, 4) is 0 Å². The molecule has 0 aliphatic heterocycles. The van der Waals surface area contributed by atoms with Gasteiger partial charge in [-0.15, -0.1) is 0 Å². The fourth-order valence-corrected chi connectivity index (χ4v) is 3.51. The first kappa shape index (κ1) is 9.51. The summed E-state index contributed by atoms with van der Waals surface area (Å²) < 4.78 is 0. The highest BCUT2D eigenvalue weighted by Gasteiger charge is 2.42. The average molecular weight is 241 g/mol. The molecule has 0 aromatic heterocycles. The first-order valence-electron chi connectivity index (χ1n) is 5.15. The summed E-state index contributed by atoms with van der Waals surface area (Å²) >= 11 is 3.51. The molecular formula is C12H17Br. The lowest BCUT2D eigenvalue weighted by atomic mass is 9.65. The van der Waals surface area contributed by atoms with Gasteiger partial charge in [-0.25, -0.2) is 0 Å². The standard InChI is InChI=1S/C12H17Br/c1-9-5-6-11-10(8-13)4-3-7-12(9,11)2/h5,8,11H,3-4,6-7H2,1-2H3/b10-8+. The summed E-state index contributed by atoms with van der Waals surface area (Å²) in [6.45, 7) is 4.74. The third kappa shape index (κ3) is 1.32. The molecule has 2 atom stereocenters. The van der Waals surface area contributed by atoms with Gasteiger partial charge in [0.1, 0.15) is 0 Å². The van der Waals surface area contributed by atoms with Crippen molar-refractivity contribution in [2.45, 2.75) is 39.5 Å². The lowest BCUT2D eigenvalue weighted by Crippen LogP contribution is -2.29. The highest BCUT2D eigenvalue weighted by Crippen LogP contribution is 2.54. The molecule has 2 aliphatic carbocycles. The smallest absolute Gasteiger partial charge is 0.00504 e.